The van der Waals surface area contributed by atoms with Crippen molar-refractivity contribution < 1.29 is 26.3 Å². The average molecular weight is 404 g/mol. The summed E-state index contributed by atoms with van der Waals surface area (Å²) in [7, 11) is -3.59. The van der Waals surface area contributed by atoms with Gasteiger partial charge in [0.2, 0.25) is 0 Å². The first kappa shape index (κ1) is 19.9. The van der Waals surface area contributed by atoms with E-state index in [0.717, 1.165) is 12.1 Å². The number of piperazine rings is 1. The lowest BCUT2D eigenvalue weighted by atomic mass is 10.1. The standard InChI is InChI=1S/C16H19F3N4O3S/c17-16(18,19)14-1-2-15(13(11-14)12-20)21-3-5-22(6-4-21)27(24,25)23-7-9-26-10-8-23/h1-2,11H,3-10H2. The number of rotatable bonds is 3. The smallest absolute Gasteiger partial charge is 0.379 e. The van der Waals surface area contributed by atoms with Gasteiger partial charge in [0.25, 0.3) is 10.2 Å². The molecule has 0 atom stereocenters. The van der Waals surface area contributed by atoms with E-state index in [1.54, 1.807) is 11.0 Å². The summed E-state index contributed by atoms with van der Waals surface area (Å²) in [6, 6.07) is 4.84. The zero-order chi connectivity index (χ0) is 19.7. The Bertz CT molecular complexity index is 824. The van der Waals surface area contributed by atoms with E-state index >= 15 is 0 Å². The minimum absolute atomic E-state index is 0.0747. The summed E-state index contributed by atoms with van der Waals surface area (Å²) in [5, 5.41) is 9.22. The highest BCUT2D eigenvalue weighted by atomic mass is 32.2. The van der Waals surface area contributed by atoms with E-state index in [9.17, 15) is 26.9 Å². The number of benzene rings is 1. The number of halogens is 3. The van der Waals surface area contributed by atoms with Crippen molar-refractivity contribution in [2.45, 2.75) is 6.18 Å². The summed E-state index contributed by atoms with van der Waals surface area (Å²) in [6.45, 7) is 2.32. The number of ether oxygens (including phenoxy) is 1. The molecule has 2 aliphatic heterocycles. The highest BCUT2D eigenvalue weighted by molar-refractivity contribution is 7.86. The van der Waals surface area contributed by atoms with Crippen LogP contribution in [0.25, 0.3) is 0 Å². The molecule has 0 amide bonds. The molecule has 148 valence electrons. The van der Waals surface area contributed by atoms with Gasteiger partial charge >= 0.3 is 6.18 Å². The van der Waals surface area contributed by atoms with Crippen LogP contribution in [-0.2, 0) is 21.1 Å². The van der Waals surface area contributed by atoms with Crippen molar-refractivity contribution in [2.75, 3.05) is 57.4 Å². The van der Waals surface area contributed by atoms with Crippen molar-refractivity contribution in [3.05, 3.63) is 29.3 Å². The first-order valence-corrected chi connectivity index (χ1v) is 9.82. The monoisotopic (exact) mass is 404 g/mol. The summed E-state index contributed by atoms with van der Waals surface area (Å²) >= 11 is 0. The highest BCUT2D eigenvalue weighted by Gasteiger charge is 2.35. The summed E-state index contributed by atoms with van der Waals surface area (Å²) in [5.74, 6) is 0. The molecule has 7 nitrogen and oxygen atoms in total. The summed E-state index contributed by atoms with van der Waals surface area (Å²) in [5.41, 5.74) is -0.570. The number of morpholine rings is 1. The normalized spacial score (nSPS) is 20.4. The minimum atomic E-state index is -4.52. The van der Waals surface area contributed by atoms with Gasteiger partial charge in [0.05, 0.1) is 30.0 Å². The Morgan fingerprint density at radius 3 is 2.15 bits per heavy atom. The van der Waals surface area contributed by atoms with Crippen LogP contribution >= 0.6 is 0 Å². The zero-order valence-corrected chi connectivity index (χ0v) is 15.3. The molecule has 0 saturated carbocycles. The largest absolute Gasteiger partial charge is 0.416 e. The third-order valence-electron chi connectivity index (χ3n) is 4.65. The molecule has 0 aromatic heterocycles. The molecule has 11 heteroatoms. The molecule has 0 bridgehead atoms. The molecule has 0 N–H and O–H groups in total. The van der Waals surface area contributed by atoms with E-state index in [1.807, 2.05) is 0 Å². The maximum absolute atomic E-state index is 12.8. The predicted molar refractivity (Wildman–Crippen MR) is 91.3 cm³/mol. The number of hydrogen-bond acceptors (Lipinski definition) is 5. The summed E-state index contributed by atoms with van der Waals surface area (Å²) < 4.78 is 71.7. The van der Waals surface area contributed by atoms with Gasteiger partial charge in [-0.1, -0.05) is 0 Å². The van der Waals surface area contributed by atoms with Gasteiger partial charge in [-0.2, -0.15) is 35.5 Å². The van der Waals surface area contributed by atoms with Gasteiger partial charge in [0.1, 0.15) is 6.07 Å². The third-order valence-corrected chi connectivity index (χ3v) is 6.68. The Morgan fingerprint density at radius 2 is 1.59 bits per heavy atom. The van der Waals surface area contributed by atoms with E-state index in [0.29, 0.717) is 45.1 Å². The number of nitriles is 1. The SMILES string of the molecule is N#Cc1cc(C(F)(F)F)ccc1N1CCN(S(=O)(=O)N2CCOCC2)CC1. The molecule has 0 unspecified atom stereocenters. The Kier molecular flexibility index (Phi) is 5.62. The molecule has 2 aliphatic rings. The second-order valence-corrected chi connectivity index (χ2v) is 8.18. The minimum Gasteiger partial charge on any atom is -0.379 e. The van der Waals surface area contributed by atoms with Crippen molar-refractivity contribution in [3.63, 3.8) is 0 Å². The second kappa shape index (κ2) is 7.63. The maximum Gasteiger partial charge on any atom is 0.416 e. The summed E-state index contributed by atoms with van der Waals surface area (Å²) in [4.78, 5) is 1.74. The molecule has 2 fully saturated rings. The Morgan fingerprint density at radius 1 is 1.00 bits per heavy atom. The molecular formula is C16H19F3N4O3S. The molecular weight excluding hydrogens is 385 g/mol. The van der Waals surface area contributed by atoms with Crippen LogP contribution in [-0.4, -0.2) is 69.5 Å². The van der Waals surface area contributed by atoms with Crippen molar-refractivity contribution in [2.24, 2.45) is 0 Å². The predicted octanol–water partition coefficient (Wildman–Crippen LogP) is 1.28. The number of nitrogens with zero attached hydrogens (tertiary/aromatic N) is 4. The molecule has 2 heterocycles. The van der Waals surface area contributed by atoms with Crippen LogP contribution in [0.2, 0.25) is 0 Å². The molecule has 3 rings (SSSR count). The van der Waals surface area contributed by atoms with Gasteiger partial charge in [-0.25, -0.2) is 0 Å². The lowest BCUT2D eigenvalue weighted by Gasteiger charge is -2.38. The molecule has 0 spiro atoms. The third kappa shape index (κ3) is 4.19. The molecule has 1 aromatic rings. The fourth-order valence-electron chi connectivity index (χ4n) is 3.18. The first-order valence-electron chi connectivity index (χ1n) is 8.43. The fourth-order valence-corrected chi connectivity index (χ4v) is 4.74. The van der Waals surface area contributed by atoms with Gasteiger partial charge in [0, 0.05) is 39.3 Å². The average Bonchev–Trinajstić information content (AvgIpc) is 2.67. The van der Waals surface area contributed by atoms with Crippen LogP contribution in [0.3, 0.4) is 0 Å². The Hall–Kier alpha value is -1.87. The number of alkyl halides is 3. The van der Waals surface area contributed by atoms with E-state index in [4.69, 9.17) is 4.74 Å². The maximum atomic E-state index is 12.8. The van der Waals surface area contributed by atoms with E-state index in [-0.39, 0.29) is 18.7 Å². The van der Waals surface area contributed by atoms with Crippen molar-refractivity contribution in [1.82, 2.24) is 8.61 Å². The number of anilines is 1. The van der Waals surface area contributed by atoms with Crippen LogP contribution in [0.15, 0.2) is 18.2 Å². The quantitative estimate of drug-likeness (QED) is 0.759. The molecule has 1 aromatic carbocycles. The van der Waals surface area contributed by atoms with Crippen LogP contribution < -0.4 is 4.90 Å². The number of hydrogen-bond donors (Lipinski definition) is 0. The van der Waals surface area contributed by atoms with Crippen LogP contribution in [0, 0.1) is 11.3 Å². The van der Waals surface area contributed by atoms with Crippen LogP contribution in [0.1, 0.15) is 11.1 Å². The molecule has 0 aliphatic carbocycles. The Labute approximate surface area is 155 Å². The first-order chi connectivity index (χ1) is 12.7. The van der Waals surface area contributed by atoms with Gasteiger partial charge in [-0.3, -0.25) is 0 Å². The van der Waals surface area contributed by atoms with Crippen molar-refractivity contribution >= 4 is 15.9 Å². The highest BCUT2D eigenvalue weighted by Crippen LogP contribution is 2.33. The molecule has 27 heavy (non-hydrogen) atoms. The fraction of sp³-hybridized carbons (Fsp3) is 0.562. The molecule has 0 radical (unpaired) electrons. The van der Waals surface area contributed by atoms with Crippen LogP contribution in [0.5, 0.6) is 0 Å². The summed E-state index contributed by atoms with van der Waals surface area (Å²) in [6.07, 6.45) is -4.52. The van der Waals surface area contributed by atoms with E-state index in [1.165, 1.54) is 14.7 Å². The lowest BCUT2D eigenvalue weighted by Crippen LogP contribution is -2.55. The van der Waals surface area contributed by atoms with Gasteiger partial charge < -0.3 is 9.64 Å². The zero-order valence-electron chi connectivity index (χ0n) is 14.4. The van der Waals surface area contributed by atoms with Gasteiger partial charge in [-0.15, -0.1) is 0 Å². The Balaban J connectivity index is 1.71. The van der Waals surface area contributed by atoms with E-state index < -0.39 is 21.9 Å². The molecule has 2 saturated heterocycles. The lowest BCUT2D eigenvalue weighted by molar-refractivity contribution is -0.137. The van der Waals surface area contributed by atoms with Crippen molar-refractivity contribution in [3.8, 4) is 6.07 Å². The van der Waals surface area contributed by atoms with E-state index in [2.05, 4.69) is 0 Å². The van der Waals surface area contributed by atoms with Gasteiger partial charge in [-0.05, 0) is 18.2 Å². The second-order valence-electron chi connectivity index (χ2n) is 6.25. The van der Waals surface area contributed by atoms with Crippen LogP contribution in [0.4, 0.5) is 18.9 Å². The van der Waals surface area contributed by atoms with Crippen molar-refractivity contribution in [1.29, 1.82) is 5.26 Å². The topological polar surface area (TPSA) is 76.9 Å². The van der Waals surface area contributed by atoms with Gasteiger partial charge in [0.15, 0.2) is 0 Å².